The highest BCUT2D eigenvalue weighted by Gasteiger charge is 2.39. The minimum atomic E-state index is -0.944. The lowest BCUT2D eigenvalue weighted by atomic mass is 9.76. The van der Waals surface area contributed by atoms with Crippen LogP contribution in [0.2, 0.25) is 0 Å². The molecule has 0 radical (unpaired) electrons. The molecule has 0 N–H and O–H groups in total. The third-order valence-corrected chi connectivity index (χ3v) is 3.90. The Morgan fingerprint density at radius 1 is 1.24 bits per heavy atom. The van der Waals surface area contributed by atoms with Crippen LogP contribution in [-0.2, 0) is 0 Å². The van der Waals surface area contributed by atoms with E-state index in [0.29, 0.717) is 5.56 Å². The molecule has 1 aromatic carbocycles. The average Bonchev–Trinajstić information content (AvgIpc) is 2.81. The monoisotopic (exact) mass is 238 g/mol. The minimum Gasteiger partial charge on any atom is -0.294 e. The molecule has 1 aliphatic rings. The number of carbonyl (C=O) groups excluding carboxylic acids is 1. The molecule has 1 saturated carbocycles. The van der Waals surface area contributed by atoms with Crippen LogP contribution < -0.4 is 0 Å². The summed E-state index contributed by atoms with van der Waals surface area (Å²) in [4.78, 5) is 12.4. The predicted octanol–water partition coefficient (Wildman–Crippen LogP) is 4.12. The van der Waals surface area contributed by atoms with Crippen LogP contribution in [-0.4, -0.2) is 5.78 Å². The van der Waals surface area contributed by atoms with Crippen LogP contribution in [0.15, 0.2) is 18.2 Å². The summed E-state index contributed by atoms with van der Waals surface area (Å²) in [6.45, 7) is 1.99. The van der Waals surface area contributed by atoms with E-state index in [-0.39, 0.29) is 11.2 Å². The first kappa shape index (κ1) is 12.2. The van der Waals surface area contributed by atoms with Crippen LogP contribution in [0.25, 0.3) is 0 Å². The number of hydrogen-bond donors (Lipinski definition) is 0. The lowest BCUT2D eigenvalue weighted by Crippen LogP contribution is -2.27. The van der Waals surface area contributed by atoms with Crippen molar-refractivity contribution in [2.24, 2.45) is 5.41 Å². The van der Waals surface area contributed by atoms with Gasteiger partial charge in [-0.05, 0) is 37.5 Å². The fourth-order valence-electron chi connectivity index (χ4n) is 2.74. The molecule has 17 heavy (non-hydrogen) atoms. The zero-order chi connectivity index (χ0) is 12.5. The molecule has 92 valence electrons. The summed E-state index contributed by atoms with van der Waals surface area (Å²) < 4.78 is 26.0. The number of carbonyl (C=O) groups is 1. The second-order valence-corrected chi connectivity index (χ2v) is 4.80. The largest absolute Gasteiger partial charge is 0.294 e. The normalized spacial score (nSPS) is 18.3. The number of ketones is 1. The van der Waals surface area contributed by atoms with Gasteiger partial charge < -0.3 is 0 Å². The highest BCUT2D eigenvalue weighted by molar-refractivity contribution is 6.00. The molecule has 0 aliphatic heterocycles. The first-order chi connectivity index (χ1) is 8.09. The second-order valence-electron chi connectivity index (χ2n) is 4.80. The molecule has 0 spiro atoms. The Morgan fingerprint density at radius 2 is 1.88 bits per heavy atom. The van der Waals surface area contributed by atoms with Gasteiger partial charge in [-0.3, -0.25) is 4.79 Å². The Balaban J connectivity index is 2.32. The first-order valence-corrected chi connectivity index (χ1v) is 6.09. The second kappa shape index (κ2) is 4.55. The Labute approximate surface area is 99.8 Å². The van der Waals surface area contributed by atoms with Crippen LogP contribution in [0.5, 0.6) is 0 Å². The van der Waals surface area contributed by atoms with Gasteiger partial charge in [0.25, 0.3) is 0 Å². The van der Waals surface area contributed by atoms with Gasteiger partial charge in [0, 0.05) is 11.0 Å². The summed E-state index contributed by atoms with van der Waals surface area (Å²) in [6, 6.07) is 3.44. The van der Waals surface area contributed by atoms with Gasteiger partial charge in [0.2, 0.25) is 0 Å². The molecule has 0 atom stereocenters. The van der Waals surface area contributed by atoms with Gasteiger partial charge in [-0.2, -0.15) is 0 Å². The third-order valence-electron chi connectivity index (χ3n) is 3.90. The van der Waals surface area contributed by atoms with Crippen molar-refractivity contribution < 1.29 is 13.6 Å². The highest BCUT2D eigenvalue weighted by atomic mass is 19.2. The Bertz CT molecular complexity index is 434. The summed E-state index contributed by atoms with van der Waals surface area (Å²) in [6.07, 6.45) is 4.58. The van der Waals surface area contributed by atoms with E-state index in [1.807, 2.05) is 6.92 Å². The van der Waals surface area contributed by atoms with Crippen LogP contribution in [0, 0.1) is 17.0 Å². The maximum absolute atomic E-state index is 13.1. The summed E-state index contributed by atoms with van der Waals surface area (Å²) in [5.74, 6) is -1.88. The van der Waals surface area contributed by atoms with Gasteiger partial charge in [-0.1, -0.05) is 19.8 Å². The van der Waals surface area contributed by atoms with Crippen LogP contribution in [0.1, 0.15) is 49.4 Å². The van der Waals surface area contributed by atoms with Gasteiger partial charge in [-0.25, -0.2) is 8.78 Å². The van der Waals surface area contributed by atoms with Crippen molar-refractivity contribution >= 4 is 5.78 Å². The topological polar surface area (TPSA) is 17.1 Å². The highest BCUT2D eigenvalue weighted by Crippen LogP contribution is 2.43. The fourth-order valence-corrected chi connectivity index (χ4v) is 2.74. The van der Waals surface area contributed by atoms with Crippen molar-refractivity contribution in [3.63, 3.8) is 0 Å². The van der Waals surface area contributed by atoms with E-state index in [1.54, 1.807) is 0 Å². The molecule has 1 fully saturated rings. The van der Waals surface area contributed by atoms with Gasteiger partial charge >= 0.3 is 0 Å². The van der Waals surface area contributed by atoms with Gasteiger partial charge in [0.1, 0.15) is 0 Å². The van der Waals surface area contributed by atoms with Crippen molar-refractivity contribution in [2.75, 3.05) is 0 Å². The molecule has 0 heterocycles. The minimum absolute atomic E-state index is 0.0311. The quantitative estimate of drug-likeness (QED) is 0.724. The lowest BCUT2D eigenvalue weighted by Gasteiger charge is -2.25. The van der Waals surface area contributed by atoms with Gasteiger partial charge in [0.05, 0.1) is 0 Å². The zero-order valence-corrected chi connectivity index (χ0v) is 9.93. The van der Waals surface area contributed by atoms with E-state index >= 15 is 0 Å². The number of rotatable bonds is 3. The predicted molar refractivity (Wildman–Crippen MR) is 61.9 cm³/mol. The van der Waals surface area contributed by atoms with Crippen molar-refractivity contribution in [3.8, 4) is 0 Å². The van der Waals surface area contributed by atoms with Crippen molar-refractivity contribution in [2.45, 2.75) is 39.0 Å². The molecular formula is C14H16F2O. The molecule has 1 nitrogen and oxygen atoms in total. The molecule has 0 aromatic heterocycles. The van der Waals surface area contributed by atoms with E-state index in [4.69, 9.17) is 0 Å². The molecule has 0 amide bonds. The number of Topliss-reactive ketones (excluding diaryl/α,β-unsaturated/α-hetero) is 1. The third kappa shape index (κ3) is 2.11. The summed E-state index contributed by atoms with van der Waals surface area (Å²) in [5.41, 5.74) is -0.0442. The number of benzene rings is 1. The smallest absolute Gasteiger partial charge is 0.169 e. The van der Waals surface area contributed by atoms with Crippen molar-refractivity contribution in [1.82, 2.24) is 0 Å². The van der Waals surface area contributed by atoms with E-state index < -0.39 is 11.6 Å². The van der Waals surface area contributed by atoms with Crippen LogP contribution >= 0.6 is 0 Å². The number of halogens is 2. The van der Waals surface area contributed by atoms with E-state index in [2.05, 4.69) is 0 Å². The van der Waals surface area contributed by atoms with Crippen molar-refractivity contribution in [3.05, 3.63) is 35.4 Å². The maximum Gasteiger partial charge on any atom is 0.169 e. The zero-order valence-electron chi connectivity index (χ0n) is 9.93. The fraction of sp³-hybridized carbons (Fsp3) is 0.500. The molecular weight excluding hydrogens is 222 g/mol. The van der Waals surface area contributed by atoms with Crippen molar-refractivity contribution in [1.29, 1.82) is 0 Å². The Kier molecular flexibility index (Phi) is 3.27. The van der Waals surface area contributed by atoms with E-state index in [0.717, 1.165) is 44.2 Å². The molecule has 3 heteroatoms. The molecule has 0 bridgehead atoms. The van der Waals surface area contributed by atoms with Crippen LogP contribution in [0.3, 0.4) is 0 Å². The first-order valence-electron chi connectivity index (χ1n) is 6.09. The lowest BCUT2D eigenvalue weighted by molar-refractivity contribution is 0.0790. The molecule has 1 aliphatic carbocycles. The Morgan fingerprint density at radius 3 is 2.41 bits per heavy atom. The average molecular weight is 238 g/mol. The molecule has 1 aromatic rings. The number of hydrogen-bond acceptors (Lipinski definition) is 1. The standard InChI is InChI=1S/C14H16F2O/c1-2-14(7-3-4-8-14)13(17)10-5-6-11(15)12(16)9-10/h5-6,9H,2-4,7-8H2,1H3. The van der Waals surface area contributed by atoms with E-state index in [9.17, 15) is 13.6 Å². The summed E-state index contributed by atoms with van der Waals surface area (Å²) in [5, 5.41) is 0. The molecule has 0 saturated heterocycles. The summed E-state index contributed by atoms with van der Waals surface area (Å²) >= 11 is 0. The maximum atomic E-state index is 13.1. The van der Waals surface area contributed by atoms with Crippen LogP contribution in [0.4, 0.5) is 8.78 Å². The Hall–Kier alpha value is -1.25. The summed E-state index contributed by atoms with van der Waals surface area (Å²) in [7, 11) is 0. The molecule has 2 rings (SSSR count). The molecule has 0 unspecified atom stereocenters. The van der Waals surface area contributed by atoms with E-state index in [1.165, 1.54) is 6.07 Å². The van der Waals surface area contributed by atoms with Gasteiger partial charge in [0.15, 0.2) is 17.4 Å². The SMILES string of the molecule is CCC1(C(=O)c2ccc(F)c(F)c2)CCCC1. The van der Waals surface area contributed by atoms with Gasteiger partial charge in [-0.15, -0.1) is 0 Å².